The summed E-state index contributed by atoms with van der Waals surface area (Å²) < 4.78 is 11.7. The fraction of sp³-hybridized carbons (Fsp3) is 0.500. The molecule has 0 atom stereocenters. The number of carbonyl (C=O) groups excluding carboxylic acids is 1. The third kappa shape index (κ3) is 2.91. The van der Waals surface area contributed by atoms with Gasteiger partial charge in [-0.05, 0) is 28.8 Å². The Morgan fingerprint density at radius 3 is 2.40 bits per heavy atom. The quantitative estimate of drug-likeness (QED) is 0.882. The molecule has 1 heterocycles. The smallest absolute Gasteiger partial charge is 0.244 e. The predicted octanol–water partition coefficient (Wildman–Crippen LogP) is 2.68. The number of rotatable bonds is 4. The van der Waals surface area contributed by atoms with E-state index in [9.17, 15) is 4.79 Å². The van der Waals surface area contributed by atoms with E-state index < -0.39 is 5.54 Å². The van der Waals surface area contributed by atoms with Crippen molar-refractivity contribution in [2.24, 2.45) is 5.73 Å². The van der Waals surface area contributed by atoms with Crippen molar-refractivity contribution in [3.63, 3.8) is 0 Å². The molecule has 0 saturated heterocycles. The standard InChI is InChI=1S/C14H19BrN2O3/c1-3-14(16,4-2)13(18)17-10-8-12-11(7-9(10)15)19-5-6-20-12/h7-8H,3-6,16H2,1-2H3,(H,17,18). The number of hydrogen-bond acceptors (Lipinski definition) is 4. The highest BCUT2D eigenvalue weighted by Crippen LogP contribution is 2.38. The zero-order chi connectivity index (χ0) is 14.8. The van der Waals surface area contributed by atoms with Crippen molar-refractivity contribution >= 4 is 27.5 Å². The number of fused-ring (bicyclic) bond motifs is 1. The van der Waals surface area contributed by atoms with Gasteiger partial charge in [-0.1, -0.05) is 13.8 Å². The monoisotopic (exact) mass is 342 g/mol. The molecule has 1 amide bonds. The van der Waals surface area contributed by atoms with Crippen LogP contribution in [-0.4, -0.2) is 24.7 Å². The van der Waals surface area contributed by atoms with Crippen LogP contribution in [0.25, 0.3) is 0 Å². The van der Waals surface area contributed by atoms with Gasteiger partial charge in [-0.3, -0.25) is 4.79 Å². The molecule has 0 fully saturated rings. The lowest BCUT2D eigenvalue weighted by Crippen LogP contribution is -2.50. The zero-order valence-electron chi connectivity index (χ0n) is 11.7. The molecule has 110 valence electrons. The summed E-state index contributed by atoms with van der Waals surface area (Å²) in [5.74, 6) is 1.11. The van der Waals surface area contributed by atoms with Gasteiger partial charge in [0.15, 0.2) is 11.5 Å². The van der Waals surface area contributed by atoms with Gasteiger partial charge in [-0.15, -0.1) is 0 Å². The molecule has 20 heavy (non-hydrogen) atoms. The lowest BCUT2D eigenvalue weighted by atomic mass is 9.93. The second kappa shape index (κ2) is 6.01. The molecule has 1 aliphatic rings. The summed E-state index contributed by atoms with van der Waals surface area (Å²) in [5.41, 5.74) is 5.87. The maximum atomic E-state index is 12.3. The van der Waals surface area contributed by atoms with Gasteiger partial charge in [-0.25, -0.2) is 0 Å². The van der Waals surface area contributed by atoms with E-state index in [1.165, 1.54) is 0 Å². The van der Waals surface area contributed by atoms with E-state index in [2.05, 4.69) is 21.2 Å². The number of benzene rings is 1. The van der Waals surface area contributed by atoms with Gasteiger partial charge in [0, 0.05) is 16.6 Å². The number of halogens is 1. The molecule has 0 spiro atoms. The van der Waals surface area contributed by atoms with Gasteiger partial charge in [0.2, 0.25) is 5.91 Å². The van der Waals surface area contributed by atoms with Gasteiger partial charge >= 0.3 is 0 Å². The Balaban J connectivity index is 2.23. The van der Waals surface area contributed by atoms with Crippen LogP contribution in [-0.2, 0) is 4.79 Å². The Kier molecular flexibility index (Phi) is 4.55. The van der Waals surface area contributed by atoms with E-state index >= 15 is 0 Å². The van der Waals surface area contributed by atoms with Crippen LogP contribution in [0.3, 0.4) is 0 Å². The normalized spacial score (nSPS) is 14.0. The van der Waals surface area contributed by atoms with E-state index in [4.69, 9.17) is 15.2 Å². The number of nitrogens with two attached hydrogens (primary N) is 1. The topological polar surface area (TPSA) is 73.6 Å². The Bertz CT molecular complexity index is 515. The lowest BCUT2D eigenvalue weighted by Gasteiger charge is -2.26. The van der Waals surface area contributed by atoms with E-state index in [-0.39, 0.29) is 5.91 Å². The minimum atomic E-state index is -0.854. The summed E-state index contributed by atoms with van der Waals surface area (Å²) in [4.78, 5) is 12.3. The van der Waals surface area contributed by atoms with Gasteiger partial charge < -0.3 is 20.5 Å². The molecule has 1 aromatic rings. The second-order valence-corrected chi connectivity index (χ2v) is 5.65. The molecule has 0 aliphatic carbocycles. The van der Waals surface area contributed by atoms with Crippen LogP contribution in [0.2, 0.25) is 0 Å². The molecule has 0 aromatic heterocycles. The van der Waals surface area contributed by atoms with Crippen molar-refractivity contribution in [1.29, 1.82) is 0 Å². The van der Waals surface area contributed by atoms with Crippen LogP contribution >= 0.6 is 15.9 Å². The SMILES string of the molecule is CCC(N)(CC)C(=O)Nc1cc2c(cc1Br)OCCO2. The van der Waals surface area contributed by atoms with Crippen LogP contribution in [0.15, 0.2) is 16.6 Å². The predicted molar refractivity (Wildman–Crippen MR) is 81.3 cm³/mol. The minimum absolute atomic E-state index is 0.195. The third-order valence-corrected chi connectivity index (χ3v) is 4.25. The average Bonchev–Trinajstić information content (AvgIpc) is 2.47. The number of nitrogens with one attached hydrogen (secondary N) is 1. The van der Waals surface area contributed by atoms with Gasteiger partial charge in [0.1, 0.15) is 13.2 Å². The van der Waals surface area contributed by atoms with Gasteiger partial charge in [-0.2, -0.15) is 0 Å². The van der Waals surface area contributed by atoms with Crippen LogP contribution in [0, 0.1) is 0 Å². The molecule has 0 saturated carbocycles. The van der Waals surface area contributed by atoms with Gasteiger partial charge in [0.25, 0.3) is 0 Å². The maximum absolute atomic E-state index is 12.3. The highest BCUT2D eigenvalue weighted by atomic mass is 79.9. The molecular formula is C14H19BrN2O3. The van der Waals surface area contributed by atoms with Crippen LogP contribution in [0.1, 0.15) is 26.7 Å². The van der Waals surface area contributed by atoms with Crippen molar-refractivity contribution in [3.05, 3.63) is 16.6 Å². The first kappa shape index (κ1) is 15.1. The van der Waals surface area contributed by atoms with Crippen molar-refractivity contribution in [1.82, 2.24) is 0 Å². The molecule has 1 aromatic carbocycles. The first-order chi connectivity index (χ1) is 9.50. The molecular weight excluding hydrogens is 324 g/mol. The van der Waals surface area contributed by atoms with Crippen molar-refractivity contribution in [2.45, 2.75) is 32.2 Å². The number of carbonyl (C=O) groups is 1. The summed E-state index contributed by atoms with van der Waals surface area (Å²) in [6.07, 6.45) is 1.16. The molecule has 0 bridgehead atoms. The van der Waals surface area contributed by atoms with Crippen molar-refractivity contribution < 1.29 is 14.3 Å². The molecule has 2 rings (SSSR count). The van der Waals surface area contributed by atoms with Crippen molar-refractivity contribution in [3.8, 4) is 11.5 Å². The van der Waals surface area contributed by atoms with Crippen LogP contribution < -0.4 is 20.5 Å². The highest BCUT2D eigenvalue weighted by Gasteiger charge is 2.30. The summed E-state index contributed by atoms with van der Waals surface area (Å²) in [6, 6.07) is 3.54. The molecule has 6 heteroatoms. The largest absolute Gasteiger partial charge is 0.486 e. The summed E-state index contributed by atoms with van der Waals surface area (Å²) in [6.45, 7) is 4.85. The molecule has 3 N–H and O–H groups in total. The molecule has 5 nitrogen and oxygen atoms in total. The van der Waals surface area contributed by atoms with E-state index in [0.717, 1.165) is 4.47 Å². The fourth-order valence-corrected chi connectivity index (χ4v) is 2.40. The van der Waals surface area contributed by atoms with E-state index in [1.807, 2.05) is 13.8 Å². The van der Waals surface area contributed by atoms with E-state index in [0.29, 0.717) is 43.2 Å². The highest BCUT2D eigenvalue weighted by molar-refractivity contribution is 9.10. The zero-order valence-corrected chi connectivity index (χ0v) is 13.2. The molecule has 0 radical (unpaired) electrons. The Morgan fingerprint density at radius 1 is 1.30 bits per heavy atom. The summed E-state index contributed by atoms with van der Waals surface area (Å²) in [7, 11) is 0. The minimum Gasteiger partial charge on any atom is -0.486 e. The second-order valence-electron chi connectivity index (χ2n) is 4.79. The fourth-order valence-electron chi connectivity index (χ4n) is 1.98. The number of hydrogen-bond donors (Lipinski definition) is 2. The maximum Gasteiger partial charge on any atom is 0.244 e. The van der Waals surface area contributed by atoms with Crippen molar-refractivity contribution in [2.75, 3.05) is 18.5 Å². The number of amides is 1. The Hall–Kier alpha value is -1.27. The lowest BCUT2D eigenvalue weighted by molar-refractivity contribution is -0.121. The van der Waals surface area contributed by atoms with Crippen LogP contribution in [0.4, 0.5) is 5.69 Å². The van der Waals surface area contributed by atoms with Gasteiger partial charge in [0.05, 0.1) is 11.2 Å². The Morgan fingerprint density at radius 2 is 1.85 bits per heavy atom. The first-order valence-corrected chi connectivity index (χ1v) is 7.49. The first-order valence-electron chi connectivity index (χ1n) is 6.69. The summed E-state index contributed by atoms with van der Waals surface area (Å²) in [5, 5.41) is 2.86. The Labute approximate surface area is 126 Å². The average molecular weight is 343 g/mol. The van der Waals surface area contributed by atoms with E-state index in [1.54, 1.807) is 12.1 Å². The molecule has 1 aliphatic heterocycles. The third-order valence-electron chi connectivity index (χ3n) is 3.59. The summed E-state index contributed by atoms with van der Waals surface area (Å²) >= 11 is 3.42. The number of ether oxygens (including phenoxy) is 2. The number of anilines is 1. The molecule has 0 unspecified atom stereocenters. The van der Waals surface area contributed by atoms with Crippen LogP contribution in [0.5, 0.6) is 11.5 Å².